The summed E-state index contributed by atoms with van der Waals surface area (Å²) in [6, 6.07) is 1.40. The smallest absolute Gasteiger partial charge is 0.352 e. The predicted molar refractivity (Wildman–Crippen MR) is 52.1 cm³/mol. The highest BCUT2D eigenvalue weighted by molar-refractivity contribution is 5.23. The maximum atomic E-state index is 11.5. The fourth-order valence-electron chi connectivity index (χ4n) is 1.46. The molecule has 1 aromatic rings. The zero-order valence-corrected chi connectivity index (χ0v) is 8.52. The molecular formula is C8H12N4O4. The Labute approximate surface area is 90.5 Å². The standard InChI is InChI=1S/C8H12N4O4/c1-4-6(13)12(15)8(16-4)11-3-2-5(9)10-7(11)14/h2-4,6,8,13,15H,1H3,(H2,9,10,14)/t4-,6-,8+/m1/s1. The van der Waals surface area contributed by atoms with E-state index in [1.165, 1.54) is 12.3 Å². The van der Waals surface area contributed by atoms with Crippen LogP contribution in [0.2, 0.25) is 0 Å². The lowest BCUT2D eigenvalue weighted by molar-refractivity contribution is -0.236. The van der Waals surface area contributed by atoms with E-state index in [4.69, 9.17) is 10.5 Å². The number of aliphatic hydroxyl groups excluding tert-OH is 1. The molecular weight excluding hydrogens is 216 g/mol. The Hall–Kier alpha value is -1.48. The molecule has 1 aliphatic heterocycles. The van der Waals surface area contributed by atoms with Gasteiger partial charge in [0.2, 0.25) is 6.35 Å². The molecule has 8 nitrogen and oxygen atoms in total. The van der Waals surface area contributed by atoms with Crippen molar-refractivity contribution in [3.8, 4) is 0 Å². The molecule has 88 valence electrons. The number of anilines is 1. The van der Waals surface area contributed by atoms with Crippen LogP contribution in [-0.4, -0.2) is 37.3 Å². The molecule has 0 bridgehead atoms. The zero-order valence-electron chi connectivity index (χ0n) is 8.52. The van der Waals surface area contributed by atoms with Crippen LogP contribution in [0.5, 0.6) is 0 Å². The average Bonchev–Trinajstić information content (AvgIpc) is 2.46. The van der Waals surface area contributed by atoms with Gasteiger partial charge in [-0.2, -0.15) is 4.98 Å². The van der Waals surface area contributed by atoms with E-state index in [1.807, 2.05) is 0 Å². The Morgan fingerprint density at radius 2 is 2.31 bits per heavy atom. The van der Waals surface area contributed by atoms with Gasteiger partial charge in [0, 0.05) is 6.20 Å². The lowest BCUT2D eigenvalue weighted by Gasteiger charge is -2.19. The highest BCUT2D eigenvalue weighted by Crippen LogP contribution is 2.25. The van der Waals surface area contributed by atoms with Crippen LogP contribution in [-0.2, 0) is 4.74 Å². The fraction of sp³-hybridized carbons (Fsp3) is 0.500. The molecule has 0 amide bonds. The number of aliphatic hydroxyl groups is 1. The summed E-state index contributed by atoms with van der Waals surface area (Å²) in [6.07, 6.45) is -1.55. The van der Waals surface area contributed by atoms with Gasteiger partial charge in [0.1, 0.15) is 11.9 Å². The number of rotatable bonds is 1. The normalized spacial score (nSPS) is 30.8. The Balaban J connectivity index is 2.35. The van der Waals surface area contributed by atoms with Gasteiger partial charge in [-0.15, -0.1) is 5.06 Å². The van der Waals surface area contributed by atoms with Crippen molar-refractivity contribution in [2.75, 3.05) is 5.73 Å². The minimum atomic E-state index is -1.19. The van der Waals surface area contributed by atoms with E-state index in [1.54, 1.807) is 6.92 Å². The number of nitrogen functional groups attached to an aromatic ring is 1. The minimum Gasteiger partial charge on any atom is -0.383 e. The van der Waals surface area contributed by atoms with Crippen molar-refractivity contribution < 1.29 is 15.1 Å². The Morgan fingerprint density at radius 1 is 1.62 bits per heavy atom. The molecule has 1 aliphatic rings. The maximum Gasteiger partial charge on any atom is 0.352 e. The SMILES string of the molecule is C[C@H]1O[C@@H](n2ccc(N)nc2=O)N(O)[C@@H]1O. The first-order valence-corrected chi connectivity index (χ1v) is 4.66. The number of hydrogen-bond acceptors (Lipinski definition) is 7. The Morgan fingerprint density at radius 3 is 2.81 bits per heavy atom. The Bertz CT molecular complexity index is 448. The van der Waals surface area contributed by atoms with Crippen LogP contribution in [0.1, 0.15) is 13.3 Å². The molecule has 0 unspecified atom stereocenters. The van der Waals surface area contributed by atoms with E-state index >= 15 is 0 Å². The average molecular weight is 228 g/mol. The van der Waals surface area contributed by atoms with Crippen molar-refractivity contribution in [2.45, 2.75) is 25.6 Å². The third-order valence-electron chi connectivity index (χ3n) is 2.34. The first-order chi connectivity index (χ1) is 7.50. The number of hydrogen-bond donors (Lipinski definition) is 3. The molecule has 3 atom stereocenters. The first kappa shape index (κ1) is 11.0. The van der Waals surface area contributed by atoms with Crippen LogP contribution in [0.15, 0.2) is 17.1 Å². The van der Waals surface area contributed by atoms with Crippen LogP contribution in [0.3, 0.4) is 0 Å². The summed E-state index contributed by atoms with van der Waals surface area (Å²) in [6.45, 7) is 1.57. The summed E-state index contributed by atoms with van der Waals surface area (Å²) in [5.41, 5.74) is 4.66. The van der Waals surface area contributed by atoms with Gasteiger partial charge < -0.3 is 20.8 Å². The number of hydroxylamine groups is 2. The van der Waals surface area contributed by atoms with Gasteiger partial charge in [-0.3, -0.25) is 4.57 Å². The van der Waals surface area contributed by atoms with Crippen LogP contribution >= 0.6 is 0 Å². The quantitative estimate of drug-likeness (QED) is 0.548. The molecule has 4 N–H and O–H groups in total. The van der Waals surface area contributed by atoms with Gasteiger partial charge in [-0.1, -0.05) is 0 Å². The summed E-state index contributed by atoms with van der Waals surface area (Å²) in [5, 5.41) is 19.5. The largest absolute Gasteiger partial charge is 0.383 e. The molecule has 0 radical (unpaired) electrons. The van der Waals surface area contributed by atoms with Crippen molar-refractivity contribution in [3.63, 3.8) is 0 Å². The summed E-state index contributed by atoms with van der Waals surface area (Å²) in [7, 11) is 0. The Kier molecular flexibility index (Phi) is 2.64. The van der Waals surface area contributed by atoms with E-state index < -0.39 is 24.4 Å². The van der Waals surface area contributed by atoms with Crippen molar-refractivity contribution in [2.24, 2.45) is 0 Å². The fourth-order valence-corrected chi connectivity index (χ4v) is 1.46. The summed E-state index contributed by atoms with van der Waals surface area (Å²) >= 11 is 0. The van der Waals surface area contributed by atoms with Crippen LogP contribution in [0.25, 0.3) is 0 Å². The second kappa shape index (κ2) is 3.83. The molecule has 0 aliphatic carbocycles. The summed E-state index contributed by atoms with van der Waals surface area (Å²) < 4.78 is 6.23. The van der Waals surface area contributed by atoms with Crippen LogP contribution in [0.4, 0.5) is 5.82 Å². The third kappa shape index (κ3) is 1.67. The van der Waals surface area contributed by atoms with Gasteiger partial charge in [0.15, 0.2) is 6.23 Å². The van der Waals surface area contributed by atoms with Gasteiger partial charge in [0.05, 0.1) is 0 Å². The van der Waals surface area contributed by atoms with Crippen molar-refractivity contribution in [1.82, 2.24) is 14.6 Å². The van der Waals surface area contributed by atoms with E-state index in [9.17, 15) is 15.1 Å². The molecule has 2 heterocycles. The molecule has 1 saturated heterocycles. The summed E-state index contributed by atoms with van der Waals surface area (Å²) in [5.74, 6) is 0.0809. The van der Waals surface area contributed by atoms with E-state index in [0.29, 0.717) is 5.06 Å². The van der Waals surface area contributed by atoms with Gasteiger partial charge in [-0.25, -0.2) is 4.79 Å². The van der Waals surface area contributed by atoms with Crippen molar-refractivity contribution >= 4 is 5.82 Å². The summed E-state index contributed by atoms with van der Waals surface area (Å²) in [4.78, 5) is 14.9. The van der Waals surface area contributed by atoms with Crippen LogP contribution < -0.4 is 11.4 Å². The number of ether oxygens (including phenoxy) is 1. The molecule has 1 aromatic heterocycles. The predicted octanol–water partition coefficient (Wildman–Crippen LogP) is -1.29. The number of nitrogens with zero attached hydrogens (tertiary/aromatic N) is 3. The van der Waals surface area contributed by atoms with E-state index in [2.05, 4.69) is 4.98 Å². The second-order valence-corrected chi connectivity index (χ2v) is 3.50. The van der Waals surface area contributed by atoms with Gasteiger partial charge >= 0.3 is 5.69 Å². The lowest BCUT2D eigenvalue weighted by Crippen LogP contribution is -2.37. The minimum absolute atomic E-state index is 0.0809. The van der Waals surface area contributed by atoms with Crippen molar-refractivity contribution in [3.05, 3.63) is 22.7 Å². The first-order valence-electron chi connectivity index (χ1n) is 4.66. The third-order valence-corrected chi connectivity index (χ3v) is 2.34. The highest BCUT2D eigenvalue weighted by Gasteiger charge is 2.39. The monoisotopic (exact) mass is 228 g/mol. The van der Waals surface area contributed by atoms with Gasteiger partial charge in [-0.05, 0) is 13.0 Å². The van der Waals surface area contributed by atoms with E-state index in [-0.39, 0.29) is 5.82 Å². The van der Waals surface area contributed by atoms with E-state index in [0.717, 1.165) is 4.57 Å². The molecule has 2 rings (SSSR count). The second-order valence-electron chi connectivity index (χ2n) is 3.50. The lowest BCUT2D eigenvalue weighted by atomic mass is 10.4. The van der Waals surface area contributed by atoms with Crippen molar-refractivity contribution in [1.29, 1.82) is 0 Å². The number of aromatic nitrogens is 2. The molecule has 16 heavy (non-hydrogen) atoms. The van der Waals surface area contributed by atoms with Gasteiger partial charge in [0.25, 0.3) is 0 Å². The maximum absolute atomic E-state index is 11.5. The zero-order chi connectivity index (χ0) is 11.9. The molecule has 1 fully saturated rings. The van der Waals surface area contributed by atoms with Crippen LogP contribution in [0, 0.1) is 0 Å². The molecule has 0 saturated carbocycles. The molecule has 0 aromatic carbocycles. The number of nitrogens with two attached hydrogens (primary N) is 1. The molecule has 8 heteroatoms. The molecule has 0 spiro atoms. The topological polar surface area (TPSA) is 114 Å². The highest BCUT2D eigenvalue weighted by atomic mass is 16.7.